The second-order valence-corrected chi connectivity index (χ2v) is 9.76. The molecule has 8 nitrogen and oxygen atoms in total. The summed E-state index contributed by atoms with van der Waals surface area (Å²) in [5.74, 6) is -0.384. The summed E-state index contributed by atoms with van der Waals surface area (Å²) >= 11 is 0. The van der Waals surface area contributed by atoms with E-state index in [0.717, 1.165) is 0 Å². The van der Waals surface area contributed by atoms with E-state index < -0.39 is 16.4 Å². The topological polar surface area (TPSA) is 87.2 Å². The number of sulfone groups is 1. The number of halogens is 2. The fraction of sp³-hybridized carbons (Fsp3) is 0.579. The number of likely N-dealkylation sites (N-methyl/N-ethyl adjacent to an activating group) is 1. The van der Waals surface area contributed by atoms with Crippen LogP contribution in [0.5, 0.6) is 5.75 Å². The summed E-state index contributed by atoms with van der Waals surface area (Å²) in [6.45, 7) is -1.03. The molecule has 3 rings (SSSR count). The van der Waals surface area contributed by atoms with Crippen molar-refractivity contribution in [1.82, 2.24) is 14.7 Å². The van der Waals surface area contributed by atoms with Gasteiger partial charge < -0.3 is 14.5 Å². The van der Waals surface area contributed by atoms with Gasteiger partial charge >= 0.3 is 6.61 Å². The second kappa shape index (κ2) is 9.25. The molecule has 0 aliphatic carbocycles. The Labute approximate surface area is 174 Å². The van der Waals surface area contributed by atoms with Gasteiger partial charge in [0.1, 0.15) is 5.75 Å². The summed E-state index contributed by atoms with van der Waals surface area (Å²) in [6.07, 6.45) is 0.460. The van der Waals surface area contributed by atoms with Gasteiger partial charge in [-0.3, -0.25) is 14.5 Å². The van der Waals surface area contributed by atoms with Crippen molar-refractivity contribution in [3.05, 3.63) is 29.8 Å². The van der Waals surface area contributed by atoms with E-state index in [0.29, 0.717) is 32.6 Å². The van der Waals surface area contributed by atoms with Crippen LogP contribution in [0.3, 0.4) is 0 Å². The lowest BCUT2D eigenvalue weighted by Crippen LogP contribution is -2.52. The maximum Gasteiger partial charge on any atom is 0.387 e. The molecule has 2 fully saturated rings. The monoisotopic (exact) mass is 445 g/mol. The maximum absolute atomic E-state index is 12.6. The number of ether oxygens (including phenoxy) is 1. The van der Waals surface area contributed by atoms with Crippen LogP contribution in [0.1, 0.15) is 16.8 Å². The molecule has 0 spiro atoms. The van der Waals surface area contributed by atoms with Gasteiger partial charge in [0, 0.05) is 44.8 Å². The van der Waals surface area contributed by atoms with Crippen LogP contribution in [0.4, 0.5) is 8.78 Å². The Morgan fingerprint density at radius 3 is 2.53 bits per heavy atom. The molecule has 0 unspecified atom stereocenters. The van der Waals surface area contributed by atoms with Crippen LogP contribution in [-0.4, -0.2) is 98.9 Å². The van der Waals surface area contributed by atoms with Crippen LogP contribution < -0.4 is 4.74 Å². The molecule has 0 bridgehead atoms. The largest absolute Gasteiger partial charge is 0.435 e. The van der Waals surface area contributed by atoms with Crippen molar-refractivity contribution in [2.24, 2.45) is 0 Å². The number of carbonyl (C=O) groups is 2. The fourth-order valence-corrected chi connectivity index (χ4v) is 5.46. The lowest BCUT2D eigenvalue weighted by Gasteiger charge is -2.35. The Morgan fingerprint density at radius 1 is 1.23 bits per heavy atom. The van der Waals surface area contributed by atoms with Gasteiger partial charge in [-0.15, -0.1) is 0 Å². The molecule has 1 aromatic carbocycles. The van der Waals surface area contributed by atoms with Crippen molar-refractivity contribution in [3.63, 3.8) is 0 Å². The number of piperazine rings is 1. The standard InChI is InChI=1S/C19H25F2N3O5S/c1-22(15-5-10-30(27,28)13-15)17(25)12-23-6-8-24(9-7-23)18(26)14-3-2-4-16(11-14)29-19(20)21/h2-4,11,15,19H,5-10,12-13H2,1H3/t15-/m0/s1. The highest BCUT2D eigenvalue weighted by Crippen LogP contribution is 2.19. The first kappa shape index (κ1) is 22.4. The SMILES string of the molecule is CN(C(=O)CN1CCN(C(=O)c2cccc(OC(F)F)c2)CC1)[C@H]1CCS(=O)(=O)C1. The molecule has 1 atom stereocenters. The van der Waals surface area contributed by atoms with E-state index in [4.69, 9.17) is 0 Å². The number of benzene rings is 1. The molecule has 1 aromatic rings. The van der Waals surface area contributed by atoms with Crippen LogP contribution >= 0.6 is 0 Å². The Balaban J connectivity index is 1.50. The zero-order valence-electron chi connectivity index (χ0n) is 16.7. The lowest BCUT2D eigenvalue weighted by molar-refractivity contribution is -0.133. The van der Waals surface area contributed by atoms with Crippen molar-refractivity contribution in [1.29, 1.82) is 0 Å². The fourth-order valence-electron chi connectivity index (χ4n) is 3.68. The molecular weight excluding hydrogens is 420 g/mol. The summed E-state index contributed by atoms with van der Waals surface area (Å²) < 4.78 is 52.3. The highest BCUT2D eigenvalue weighted by molar-refractivity contribution is 7.91. The first-order valence-electron chi connectivity index (χ1n) is 9.67. The van der Waals surface area contributed by atoms with Crippen LogP contribution in [0.15, 0.2) is 24.3 Å². The van der Waals surface area contributed by atoms with Gasteiger partial charge in [-0.2, -0.15) is 8.78 Å². The Morgan fingerprint density at radius 2 is 1.93 bits per heavy atom. The predicted octanol–water partition coefficient (Wildman–Crippen LogP) is 0.691. The van der Waals surface area contributed by atoms with Crippen molar-refractivity contribution in [3.8, 4) is 5.75 Å². The molecular formula is C19H25F2N3O5S. The van der Waals surface area contributed by atoms with E-state index in [-0.39, 0.29) is 47.2 Å². The highest BCUT2D eigenvalue weighted by Gasteiger charge is 2.33. The van der Waals surface area contributed by atoms with E-state index >= 15 is 0 Å². The summed E-state index contributed by atoms with van der Waals surface area (Å²) in [4.78, 5) is 30.2. The molecule has 0 radical (unpaired) electrons. The van der Waals surface area contributed by atoms with E-state index in [1.807, 2.05) is 4.90 Å². The molecule has 2 saturated heterocycles. The summed E-state index contributed by atoms with van der Waals surface area (Å²) in [6, 6.07) is 5.39. The van der Waals surface area contributed by atoms with E-state index in [9.17, 15) is 26.8 Å². The number of rotatable bonds is 6. The van der Waals surface area contributed by atoms with E-state index in [1.54, 1.807) is 18.0 Å². The normalized spacial score (nSPS) is 21.6. The van der Waals surface area contributed by atoms with Gasteiger partial charge in [0.15, 0.2) is 9.84 Å². The van der Waals surface area contributed by atoms with Crippen molar-refractivity contribution in [2.75, 3.05) is 51.3 Å². The molecule has 2 aliphatic rings. The van der Waals surface area contributed by atoms with Crippen LogP contribution in [-0.2, 0) is 14.6 Å². The zero-order chi connectivity index (χ0) is 21.9. The third kappa shape index (κ3) is 5.66. The molecule has 2 aliphatic heterocycles. The molecule has 0 saturated carbocycles. The molecule has 0 N–H and O–H groups in total. The summed E-state index contributed by atoms with van der Waals surface area (Å²) in [5.41, 5.74) is 0.264. The predicted molar refractivity (Wildman–Crippen MR) is 105 cm³/mol. The number of hydrogen-bond donors (Lipinski definition) is 0. The third-order valence-corrected chi connectivity index (χ3v) is 7.22. The Hall–Kier alpha value is -2.27. The average Bonchev–Trinajstić information content (AvgIpc) is 3.07. The lowest BCUT2D eigenvalue weighted by atomic mass is 10.1. The maximum atomic E-state index is 12.6. The number of amides is 2. The van der Waals surface area contributed by atoms with Gasteiger partial charge in [-0.1, -0.05) is 6.07 Å². The molecule has 2 heterocycles. The molecule has 30 heavy (non-hydrogen) atoms. The Bertz CT molecular complexity index is 888. The van der Waals surface area contributed by atoms with Gasteiger partial charge in [0.05, 0.1) is 18.1 Å². The summed E-state index contributed by atoms with van der Waals surface area (Å²) in [7, 11) is -1.44. The number of hydrogen-bond acceptors (Lipinski definition) is 6. The quantitative estimate of drug-likeness (QED) is 0.641. The van der Waals surface area contributed by atoms with Gasteiger partial charge in [0.2, 0.25) is 5.91 Å². The minimum atomic E-state index is -3.06. The van der Waals surface area contributed by atoms with E-state index in [1.165, 1.54) is 23.1 Å². The number of nitrogens with zero attached hydrogens (tertiary/aromatic N) is 3. The molecule has 2 amide bonds. The van der Waals surface area contributed by atoms with Gasteiger partial charge in [-0.05, 0) is 24.6 Å². The first-order chi connectivity index (χ1) is 14.1. The molecule has 11 heteroatoms. The van der Waals surface area contributed by atoms with Crippen LogP contribution in [0, 0.1) is 0 Å². The third-order valence-electron chi connectivity index (χ3n) is 5.47. The van der Waals surface area contributed by atoms with E-state index in [2.05, 4.69) is 4.74 Å². The highest BCUT2D eigenvalue weighted by atomic mass is 32.2. The van der Waals surface area contributed by atoms with Crippen LogP contribution in [0.2, 0.25) is 0 Å². The van der Waals surface area contributed by atoms with Crippen molar-refractivity contribution < 1.29 is 31.5 Å². The van der Waals surface area contributed by atoms with Gasteiger partial charge in [-0.25, -0.2) is 8.42 Å². The van der Waals surface area contributed by atoms with Crippen LogP contribution in [0.25, 0.3) is 0 Å². The minimum Gasteiger partial charge on any atom is -0.435 e. The second-order valence-electron chi connectivity index (χ2n) is 7.54. The Kier molecular flexibility index (Phi) is 6.91. The molecule has 166 valence electrons. The number of alkyl halides is 2. The summed E-state index contributed by atoms with van der Waals surface area (Å²) in [5, 5.41) is 0. The van der Waals surface area contributed by atoms with Gasteiger partial charge in [0.25, 0.3) is 5.91 Å². The zero-order valence-corrected chi connectivity index (χ0v) is 17.5. The smallest absolute Gasteiger partial charge is 0.387 e. The molecule has 0 aromatic heterocycles. The number of carbonyl (C=O) groups excluding carboxylic acids is 2. The first-order valence-corrected chi connectivity index (χ1v) is 11.5. The van der Waals surface area contributed by atoms with Crippen molar-refractivity contribution in [2.45, 2.75) is 19.1 Å². The average molecular weight is 445 g/mol. The van der Waals surface area contributed by atoms with Crippen molar-refractivity contribution >= 4 is 21.7 Å². The minimum absolute atomic E-state index is 0.00581.